The molecule has 1 amide bonds. The molecule has 4 heteroatoms. The van der Waals surface area contributed by atoms with Crippen molar-refractivity contribution in [2.75, 3.05) is 18.1 Å². The van der Waals surface area contributed by atoms with E-state index < -0.39 is 0 Å². The summed E-state index contributed by atoms with van der Waals surface area (Å²) in [6.45, 7) is 2.69. The minimum absolute atomic E-state index is 0.164. The first-order valence-electron chi connectivity index (χ1n) is 7.30. The van der Waals surface area contributed by atoms with Crippen LogP contribution < -0.4 is 10.1 Å². The van der Waals surface area contributed by atoms with Crippen molar-refractivity contribution in [3.05, 3.63) is 29.8 Å². The Morgan fingerprint density at radius 3 is 2.95 bits per heavy atom. The SMILES string of the molecule is Cc1cccc(OCCSCC(=O)NC2CCCC2)c1. The molecule has 0 unspecified atom stereocenters. The number of thioether (sulfide) groups is 1. The molecule has 1 aromatic carbocycles. The van der Waals surface area contributed by atoms with Gasteiger partial charge in [-0.25, -0.2) is 0 Å². The molecule has 0 heterocycles. The molecule has 1 fully saturated rings. The lowest BCUT2D eigenvalue weighted by molar-refractivity contribution is -0.119. The zero-order chi connectivity index (χ0) is 14.2. The fourth-order valence-electron chi connectivity index (χ4n) is 2.43. The van der Waals surface area contributed by atoms with Crippen LogP contribution in [0.4, 0.5) is 0 Å². The van der Waals surface area contributed by atoms with Crippen molar-refractivity contribution in [3.63, 3.8) is 0 Å². The van der Waals surface area contributed by atoms with Crippen LogP contribution in [0.1, 0.15) is 31.2 Å². The molecule has 0 atom stereocenters. The first-order chi connectivity index (χ1) is 9.74. The van der Waals surface area contributed by atoms with Crippen LogP contribution in [0.15, 0.2) is 24.3 Å². The highest BCUT2D eigenvalue weighted by Gasteiger charge is 2.16. The van der Waals surface area contributed by atoms with E-state index >= 15 is 0 Å². The highest BCUT2D eigenvalue weighted by Crippen LogP contribution is 2.17. The van der Waals surface area contributed by atoms with Gasteiger partial charge < -0.3 is 10.1 Å². The van der Waals surface area contributed by atoms with Crippen molar-refractivity contribution >= 4 is 17.7 Å². The highest BCUT2D eigenvalue weighted by atomic mass is 32.2. The number of ether oxygens (including phenoxy) is 1. The molecule has 0 aliphatic heterocycles. The summed E-state index contributed by atoms with van der Waals surface area (Å²) in [7, 11) is 0. The molecule has 0 bridgehead atoms. The summed E-state index contributed by atoms with van der Waals surface area (Å²) in [5, 5.41) is 3.09. The van der Waals surface area contributed by atoms with E-state index in [0.29, 0.717) is 18.4 Å². The smallest absolute Gasteiger partial charge is 0.230 e. The van der Waals surface area contributed by atoms with Crippen LogP contribution in [-0.2, 0) is 4.79 Å². The predicted molar refractivity (Wildman–Crippen MR) is 84.4 cm³/mol. The van der Waals surface area contributed by atoms with Crippen LogP contribution in [0, 0.1) is 6.92 Å². The summed E-state index contributed by atoms with van der Waals surface area (Å²) in [6.07, 6.45) is 4.80. The second-order valence-corrected chi connectivity index (χ2v) is 6.37. The van der Waals surface area contributed by atoms with E-state index in [4.69, 9.17) is 4.74 Å². The van der Waals surface area contributed by atoms with Crippen LogP contribution in [0.5, 0.6) is 5.75 Å². The zero-order valence-electron chi connectivity index (χ0n) is 12.1. The lowest BCUT2D eigenvalue weighted by atomic mass is 10.2. The van der Waals surface area contributed by atoms with E-state index in [1.54, 1.807) is 11.8 Å². The molecule has 20 heavy (non-hydrogen) atoms. The minimum atomic E-state index is 0.164. The lowest BCUT2D eigenvalue weighted by Crippen LogP contribution is -2.34. The lowest BCUT2D eigenvalue weighted by Gasteiger charge is -2.11. The molecule has 3 nitrogen and oxygen atoms in total. The number of rotatable bonds is 7. The number of benzene rings is 1. The van der Waals surface area contributed by atoms with Crippen LogP contribution in [0.25, 0.3) is 0 Å². The topological polar surface area (TPSA) is 38.3 Å². The van der Waals surface area contributed by atoms with E-state index in [2.05, 4.69) is 18.3 Å². The zero-order valence-corrected chi connectivity index (χ0v) is 12.9. The summed E-state index contributed by atoms with van der Waals surface area (Å²) in [5.74, 6) is 2.44. The third-order valence-corrected chi connectivity index (χ3v) is 4.36. The molecule has 1 aromatic rings. The Balaban J connectivity index is 1.53. The molecule has 1 saturated carbocycles. The summed E-state index contributed by atoms with van der Waals surface area (Å²) in [5.41, 5.74) is 1.20. The maximum atomic E-state index is 11.7. The third-order valence-electron chi connectivity index (χ3n) is 3.44. The number of carbonyl (C=O) groups excluding carboxylic acids is 1. The first-order valence-corrected chi connectivity index (χ1v) is 8.46. The summed E-state index contributed by atoms with van der Waals surface area (Å²) >= 11 is 1.63. The fourth-order valence-corrected chi connectivity index (χ4v) is 3.04. The van der Waals surface area contributed by atoms with Gasteiger partial charge >= 0.3 is 0 Å². The summed E-state index contributed by atoms with van der Waals surface area (Å²) in [6, 6.07) is 8.45. The van der Waals surface area contributed by atoms with Crippen LogP contribution in [0.2, 0.25) is 0 Å². The summed E-state index contributed by atoms with van der Waals surface area (Å²) < 4.78 is 5.65. The van der Waals surface area contributed by atoms with Gasteiger partial charge in [-0.15, -0.1) is 11.8 Å². The average Bonchev–Trinajstić information content (AvgIpc) is 2.91. The Hall–Kier alpha value is -1.16. The van der Waals surface area contributed by atoms with Crippen molar-refractivity contribution < 1.29 is 9.53 Å². The van der Waals surface area contributed by atoms with Gasteiger partial charge in [-0.1, -0.05) is 25.0 Å². The number of hydrogen-bond acceptors (Lipinski definition) is 3. The van der Waals surface area contributed by atoms with E-state index in [1.165, 1.54) is 18.4 Å². The minimum Gasteiger partial charge on any atom is -0.493 e. The Bertz CT molecular complexity index is 430. The van der Waals surface area contributed by atoms with Crippen LogP contribution in [-0.4, -0.2) is 30.1 Å². The molecule has 1 N–H and O–H groups in total. The largest absolute Gasteiger partial charge is 0.493 e. The molecule has 2 rings (SSSR count). The molecule has 1 aliphatic carbocycles. The van der Waals surface area contributed by atoms with Gasteiger partial charge in [0, 0.05) is 11.8 Å². The Morgan fingerprint density at radius 1 is 1.40 bits per heavy atom. The van der Waals surface area contributed by atoms with Gasteiger partial charge in [0.15, 0.2) is 0 Å². The molecular formula is C16H23NO2S. The first kappa shape index (κ1) is 15.2. The second kappa shape index (κ2) is 8.20. The molecule has 0 spiro atoms. The Kier molecular flexibility index (Phi) is 6.25. The molecule has 0 saturated heterocycles. The van der Waals surface area contributed by atoms with Crippen molar-refractivity contribution in [1.29, 1.82) is 0 Å². The molecular weight excluding hydrogens is 270 g/mol. The standard InChI is InChI=1S/C16H23NO2S/c1-13-5-4-8-15(11-13)19-9-10-20-12-16(18)17-14-6-2-3-7-14/h4-5,8,11,14H,2-3,6-7,9-10,12H2,1H3,(H,17,18). The van der Waals surface area contributed by atoms with E-state index in [-0.39, 0.29) is 5.91 Å². The average molecular weight is 293 g/mol. The molecule has 0 radical (unpaired) electrons. The predicted octanol–water partition coefficient (Wildman–Crippen LogP) is 3.17. The number of carbonyl (C=O) groups is 1. The maximum absolute atomic E-state index is 11.7. The highest BCUT2D eigenvalue weighted by molar-refractivity contribution is 7.99. The number of amides is 1. The number of hydrogen-bond donors (Lipinski definition) is 1. The van der Waals surface area contributed by atoms with Crippen LogP contribution in [0.3, 0.4) is 0 Å². The number of nitrogens with one attached hydrogen (secondary N) is 1. The molecule has 110 valence electrons. The van der Waals surface area contributed by atoms with E-state index in [9.17, 15) is 4.79 Å². The van der Waals surface area contributed by atoms with Gasteiger partial charge in [0.05, 0.1) is 12.4 Å². The van der Waals surface area contributed by atoms with E-state index in [1.807, 2.05) is 18.2 Å². The molecule has 0 aromatic heterocycles. The van der Waals surface area contributed by atoms with Gasteiger partial charge in [0.1, 0.15) is 5.75 Å². The van der Waals surface area contributed by atoms with E-state index in [0.717, 1.165) is 24.3 Å². The van der Waals surface area contributed by atoms with Gasteiger partial charge in [-0.05, 0) is 37.5 Å². The van der Waals surface area contributed by atoms with Gasteiger partial charge in [0.2, 0.25) is 5.91 Å². The number of aryl methyl sites for hydroxylation is 1. The second-order valence-electron chi connectivity index (χ2n) is 5.27. The maximum Gasteiger partial charge on any atom is 0.230 e. The molecule has 1 aliphatic rings. The summed E-state index contributed by atoms with van der Waals surface area (Å²) in [4.78, 5) is 11.7. The van der Waals surface area contributed by atoms with Gasteiger partial charge in [0.25, 0.3) is 0 Å². The Labute approximate surface area is 125 Å². The fraction of sp³-hybridized carbons (Fsp3) is 0.562. The quantitative estimate of drug-likeness (QED) is 0.785. The van der Waals surface area contributed by atoms with Crippen molar-refractivity contribution in [1.82, 2.24) is 5.32 Å². The van der Waals surface area contributed by atoms with Crippen molar-refractivity contribution in [3.8, 4) is 5.75 Å². The Morgan fingerprint density at radius 2 is 2.20 bits per heavy atom. The third kappa shape index (κ3) is 5.45. The van der Waals surface area contributed by atoms with Crippen molar-refractivity contribution in [2.24, 2.45) is 0 Å². The van der Waals surface area contributed by atoms with Crippen LogP contribution >= 0.6 is 11.8 Å². The van der Waals surface area contributed by atoms with Gasteiger partial charge in [-0.2, -0.15) is 0 Å². The monoisotopic (exact) mass is 293 g/mol. The van der Waals surface area contributed by atoms with Gasteiger partial charge in [-0.3, -0.25) is 4.79 Å². The van der Waals surface area contributed by atoms with Crippen molar-refractivity contribution in [2.45, 2.75) is 38.6 Å². The normalized spacial score (nSPS) is 15.2.